The minimum absolute atomic E-state index is 0.148. The van der Waals surface area contributed by atoms with Crippen LogP contribution in [0.15, 0.2) is 59.0 Å². The Labute approximate surface area is 153 Å². The van der Waals surface area contributed by atoms with Crippen molar-refractivity contribution in [3.8, 4) is 17.5 Å². The molecule has 0 spiro atoms. The maximum Gasteiger partial charge on any atom is 0.232 e. The second-order valence-corrected chi connectivity index (χ2v) is 6.39. The number of rotatable bonds is 6. The van der Waals surface area contributed by atoms with Gasteiger partial charge in [-0.15, -0.1) is 0 Å². The number of nitrogens with zero attached hydrogens (tertiary/aromatic N) is 3. The summed E-state index contributed by atoms with van der Waals surface area (Å²) in [6.45, 7) is 2.60. The van der Waals surface area contributed by atoms with Crippen molar-refractivity contribution in [1.29, 1.82) is 5.26 Å². The fraction of sp³-hybridized carbons (Fsp3) is 0.238. The van der Waals surface area contributed by atoms with Crippen molar-refractivity contribution in [1.82, 2.24) is 9.88 Å². The zero-order valence-electron chi connectivity index (χ0n) is 15.2. The molecule has 0 bridgehead atoms. The van der Waals surface area contributed by atoms with Gasteiger partial charge in [0.15, 0.2) is 0 Å². The Kier molecular flexibility index (Phi) is 5.35. The molecule has 0 saturated carbocycles. The molecule has 1 aromatic heterocycles. The number of aromatic nitrogens is 1. The van der Waals surface area contributed by atoms with Crippen molar-refractivity contribution < 1.29 is 4.42 Å². The molecule has 0 aliphatic rings. The number of aryl methyl sites for hydroxylation is 1. The van der Waals surface area contributed by atoms with E-state index >= 15 is 0 Å². The van der Waals surface area contributed by atoms with E-state index in [1.165, 1.54) is 5.56 Å². The highest BCUT2D eigenvalue weighted by Gasteiger charge is 2.19. The maximum atomic E-state index is 9.42. The Morgan fingerprint density at radius 3 is 2.46 bits per heavy atom. The number of hydrogen-bond acceptors (Lipinski definition) is 5. The number of benzene rings is 2. The van der Waals surface area contributed by atoms with Crippen LogP contribution in [0.5, 0.6) is 0 Å². The summed E-state index contributed by atoms with van der Waals surface area (Å²) in [6, 6.07) is 20.3. The van der Waals surface area contributed by atoms with E-state index in [4.69, 9.17) is 4.42 Å². The van der Waals surface area contributed by atoms with Gasteiger partial charge in [0, 0.05) is 12.1 Å². The van der Waals surface area contributed by atoms with Crippen LogP contribution >= 0.6 is 0 Å². The largest absolute Gasteiger partial charge is 0.419 e. The third-order valence-electron chi connectivity index (χ3n) is 4.37. The molecule has 2 aromatic carbocycles. The molecule has 5 heteroatoms. The van der Waals surface area contributed by atoms with Gasteiger partial charge in [-0.05, 0) is 38.2 Å². The van der Waals surface area contributed by atoms with E-state index in [1.807, 2.05) is 63.5 Å². The predicted molar refractivity (Wildman–Crippen MR) is 103 cm³/mol. The summed E-state index contributed by atoms with van der Waals surface area (Å²) in [5.41, 5.74) is 3.42. The molecule has 26 heavy (non-hydrogen) atoms. The van der Waals surface area contributed by atoms with Crippen LogP contribution in [0.25, 0.3) is 11.5 Å². The van der Waals surface area contributed by atoms with Gasteiger partial charge < -0.3 is 14.6 Å². The summed E-state index contributed by atoms with van der Waals surface area (Å²) in [4.78, 5) is 6.48. The number of hydrogen-bond donors (Lipinski definition) is 1. The van der Waals surface area contributed by atoms with Crippen molar-refractivity contribution in [2.75, 3.05) is 26.0 Å². The molecule has 0 fully saturated rings. The van der Waals surface area contributed by atoms with Gasteiger partial charge in [-0.2, -0.15) is 10.2 Å². The Bertz CT molecular complexity index is 909. The summed E-state index contributed by atoms with van der Waals surface area (Å²) in [6.07, 6.45) is 0. The average Bonchev–Trinajstić information content (AvgIpc) is 3.06. The third kappa shape index (κ3) is 3.76. The molecule has 1 N–H and O–H groups in total. The van der Waals surface area contributed by atoms with Crippen molar-refractivity contribution in [3.05, 3.63) is 71.4 Å². The SMILES string of the molecule is Cc1ccccc1-c1nc(C#N)c(NC[C@H](c2ccccc2)N(C)C)o1. The van der Waals surface area contributed by atoms with Gasteiger partial charge in [-0.1, -0.05) is 48.5 Å². The lowest BCUT2D eigenvalue weighted by molar-refractivity contribution is 0.310. The van der Waals surface area contributed by atoms with Gasteiger partial charge >= 0.3 is 0 Å². The molecular weight excluding hydrogens is 324 g/mol. The van der Waals surface area contributed by atoms with E-state index < -0.39 is 0 Å². The molecule has 132 valence electrons. The van der Waals surface area contributed by atoms with Gasteiger partial charge in [0.1, 0.15) is 6.07 Å². The summed E-state index contributed by atoms with van der Waals surface area (Å²) < 4.78 is 5.88. The number of anilines is 1. The molecule has 0 saturated heterocycles. The highest BCUT2D eigenvalue weighted by Crippen LogP contribution is 2.28. The number of likely N-dealkylation sites (N-methyl/N-ethyl adjacent to an activating group) is 1. The van der Waals surface area contributed by atoms with Crippen molar-refractivity contribution >= 4 is 5.88 Å². The number of nitriles is 1. The number of oxazole rings is 1. The van der Waals surface area contributed by atoms with Gasteiger partial charge in [-0.3, -0.25) is 0 Å². The minimum atomic E-state index is 0.148. The van der Waals surface area contributed by atoms with Crippen LogP contribution in [-0.2, 0) is 0 Å². The van der Waals surface area contributed by atoms with Gasteiger partial charge in [-0.25, -0.2) is 0 Å². The first-order chi connectivity index (χ1) is 12.6. The molecule has 3 rings (SSSR count). The van der Waals surface area contributed by atoms with Crippen LogP contribution in [0.4, 0.5) is 5.88 Å². The normalized spacial score (nSPS) is 12.0. The quantitative estimate of drug-likeness (QED) is 0.723. The third-order valence-corrected chi connectivity index (χ3v) is 4.37. The average molecular weight is 346 g/mol. The second kappa shape index (κ2) is 7.85. The zero-order valence-corrected chi connectivity index (χ0v) is 15.2. The van der Waals surface area contributed by atoms with E-state index in [9.17, 15) is 5.26 Å². The molecule has 0 radical (unpaired) electrons. The summed E-state index contributed by atoms with van der Waals surface area (Å²) in [5, 5.41) is 12.7. The topological polar surface area (TPSA) is 65.1 Å². The van der Waals surface area contributed by atoms with E-state index in [1.54, 1.807) is 0 Å². The molecular formula is C21H22N4O. The Morgan fingerprint density at radius 1 is 1.12 bits per heavy atom. The fourth-order valence-corrected chi connectivity index (χ4v) is 2.91. The highest BCUT2D eigenvalue weighted by molar-refractivity contribution is 5.62. The molecule has 0 unspecified atom stereocenters. The first-order valence-corrected chi connectivity index (χ1v) is 8.52. The molecule has 5 nitrogen and oxygen atoms in total. The molecule has 1 atom stereocenters. The standard InChI is InChI=1S/C21H22N4O/c1-15-9-7-8-12-17(15)20-24-18(13-22)21(26-20)23-14-19(25(2)3)16-10-5-4-6-11-16/h4-12,19,23H,14H2,1-3H3/t19-/m1/s1. The summed E-state index contributed by atoms with van der Waals surface area (Å²) in [7, 11) is 4.06. The lowest BCUT2D eigenvalue weighted by Gasteiger charge is -2.24. The summed E-state index contributed by atoms with van der Waals surface area (Å²) >= 11 is 0. The molecule has 1 heterocycles. The lowest BCUT2D eigenvalue weighted by Crippen LogP contribution is -2.26. The van der Waals surface area contributed by atoms with Gasteiger partial charge in [0.25, 0.3) is 0 Å². The molecule has 0 aliphatic carbocycles. The van der Waals surface area contributed by atoms with Crippen LogP contribution in [0.1, 0.15) is 22.9 Å². The van der Waals surface area contributed by atoms with Crippen molar-refractivity contribution in [2.45, 2.75) is 13.0 Å². The van der Waals surface area contributed by atoms with E-state index in [0.717, 1.165) is 11.1 Å². The second-order valence-electron chi connectivity index (χ2n) is 6.39. The zero-order chi connectivity index (χ0) is 18.5. The van der Waals surface area contributed by atoms with Crippen molar-refractivity contribution in [2.24, 2.45) is 0 Å². The van der Waals surface area contributed by atoms with Crippen LogP contribution in [-0.4, -0.2) is 30.5 Å². The first-order valence-electron chi connectivity index (χ1n) is 8.52. The summed E-state index contributed by atoms with van der Waals surface area (Å²) in [5.74, 6) is 0.872. The molecule has 0 aliphatic heterocycles. The van der Waals surface area contributed by atoms with Crippen LogP contribution < -0.4 is 5.32 Å². The Balaban J connectivity index is 1.84. The van der Waals surface area contributed by atoms with Crippen molar-refractivity contribution in [3.63, 3.8) is 0 Å². The van der Waals surface area contributed by atoms with Gasteiger partial charge in [0.2, 0.25) is 17.5 Å². The lowest BCUT2D eigenvalue weighted by atomic mass is 10.1. The molecule has 3 aromatic rings. The first kappa shape index (κ1) is 17.7. The van der Waals surface area contributed by atoms with E-state index in [2.05, 4.69) is 33.4 Å². The Hall–Kier alpha value is -3.10. The monoisotopic (exact) mass is 346 g/mol. The smallest absolute Gasteiger partial charge is 0.232 e. The van der Waals surface area contributed by atoms with E-state index in [-0.39, 0.29) is 11.7 Å². The predicted octanol–water partition coefficient (Wildman–Crippen LogP) is 4.24. The maximum absolute atomic E-state index is 9.42. The van der Waals surface area contributed by atoms with Crippen LogP contribution in [0, 0.1) is 18.3 Å². The fourth-order valence-electron chi connectivity index (χ4n) is 2.91. The minimum Gasteiger partial charge on any atom is -0.419 e. The van der Waals surface area contributed by atoms with Gasteiger partial charge in [0.05, 0.1) is 6.04 Å². The van der Waals surface area contributed by atoms with E-state index in [0.29, 0.717) is 18.3 Å². The van der Waals surface area contributed by atoms with Crippen LogP contribution in [0.3, 0.4) is 0 Å². The van der Waals surface area contributed by atoms with Crippen LogP contribution in [0.2, 0.25) is 0 Å². The molecule has 0 amide bonds. The highest BCUT2D eigenvalue weighted by atomic mass is 16.4. The Morgan fingerprint density at radius 2 is 1.81 bits per heavy atom. The number of nitrogens with one attached hydrogen (secondary N) is 1.